The summed E-state index contributed by atoms with van der Waals surface area (Å²) in [5.74, 6) is -0.864. The van der Waals surface area contributed by atoms with E-state index in [1.54, 1.807) is 19.1 Å². The van der Waals surface area contributed by atoms with Gasteiger partial charge >= 0.3 is 0 Å². The molecular formula is C13H18FNO3. The number of benzene rings is 1. The lowest BCUT2D eigenvalue weighted by molar-refractivity contribution is -0.125. The number of hydrogen-bond donors (Lipinski definition) is 2. The summed E-state index contributed by atoms with van der Waals surface area (Å²) in [5, 5.41) is 11.8. The number of aliphatic hydroxyl groups excluding tert-OH is 1. The molecule has 0 radical (unpaired) electrons. The molecule has 18 heavy (non-hydrogen) atoms. The van der Waals surface area contributed by atoms with Crippen molar-refractivity contribution in [1.29, 1.82) is 0 Å². The Balaban J connectivity index is 2.50. The maximum absolute atomic E-state index is 13.2. The van der Waals surface area contributed by atoms with Crippen molar-refractivity contribution >= 4 is 5.91 Å². The fourth-order valence-electron chi connectivity index (χ4n) is 1.32. The minimum Gasteiger partial charge on any atom is -0.481 e. The van der Waals surface area contributed by atoms with Gasteiger partial charge in [0.2, 0.25) is 0 Å². The molecule has 4 nitrogen and oxygen atoms in total. The van der Waals surface area contributed by atoms with Gasteiger partial charge in [-0.05, 0) is 25.5 Å². The summed E-state index contributed by atoms with van der Waals surface area (Å²) in [7, 11) is 0. The Morgan fingerprint density at radius 2 is 2.17 bits per heavy atom. The normalized spacial score (nSPS) is 13.8. The number of carbonyl (C=O) groups excluding carboxylic acids is 1. The maximum Gasteiger partial charge on any atom is 0.258 e. The molecule has 1 rings (SSSR count). The van der Waals surface area contributed by atoms with Crippen molar-refractivity contribution in [3.8, 4) is 5.75 Å². The van der Waals surface area contributed by atoms with Crippen LogP contribution in [0, 0.1) is 5.82 Å². The zero-order valence-electron chi connectivity index (χ0n) is 10.6. The molecule has 0 aliphatic heterocycles. The van der Waals surface area contributed by atoms with Crippen molar-refractivity contribution in [2.45, 2.75) is 25.8 Å². The number of rotatable bonds is 6. The minimum atomic E-state index is -0.671. The standard InChI is InChI=1S/C13H18FNO3/c1-3-13(2,9-16)15-12(17)8-18-11-7-5-4-6-10(11)14/h4-7,16H,3,8-9H2,1-2H3,(H,15,17). The van der Waals surface area contributed by atoms with Crippen LogP contribution in [0.4, 0.5) is 4.39 Å². The van der Waals surface area contributed by atoms with Crippen LogP contribution in [0.3, 0.4) is 0 Å². The van der Waals surface area contributed by atoms with E-state index >= 15 is 0 Å². The number of ether oxygens (including phenoxy) is 1. The summed E-state index contributed by atoms with van der Waals surface area (Å²) < 4.78 is 18.3. The largest absolute Gasteiger partial charge is 0.481 e. The highest BCUT2D eigenvalue weighted by atomic mass is 19.1. The number of amides is 1. The SMILES string of the molecule is CCC(C)(CO)NC(=O)COc1ccccc1F. The van der Waals surface area contributed by atoms with Crippen molar-refractivity contribution in [2.24, 2.45) is 0 Å². The molecule has 1 aromatic carbocycles. The Morgan fingerprint density at radius 3 is 2.72 bits per heavy atom. The number of para-hydroxylation sites is 1. The average molecular weight is 255 g/mol. The van der Waals surface area contributed by atoms with E-state index in [1.165, 1.54) is 12.1 Å². The van der Waals surface area contributed by atoms with E-state index in [0.717, 1.165) is 0 Å². The van der Waals surface area contributed by atoms with Gasteiger partial charge in [-0.1, -0.05) is 19.1 Å². The first kappa shape index (κ1) is 14.4. The molecule has 0 bridgehead atoms. The van der Waals surface area contributed by atoms with Crippen LogP contribution >= 0.6 is 0 Å². The Labute approximate surface area is 106 Å². The first-order chi connectivity index (χ1) is 8.50. The van der Waals surface area contributed by atoms with Crippen molar-refractivity contribution in [2.75, 3.05) is 13.2 Å². The maximum atomic E-state index is 13.2. The molecule has 2 N–H and O–H groups in total. The highest BCUT2D eigenvalue weighted by Crippen LogP contribution is 2.15. The van der Waals surface area contributed by atoms with Gasteiger partial charge in [0.15, 0.2) is 18.2 Å². The summed E-state index contributed by atoms with van der Waals surface area (Å²) in [6, 6.07) is 5.88. The number of nitrogens with one attached hydrogen (secondary N) is 1. The second-order valence-corrected chi connectivity index (χ2v) is 4.34. The van der Waals surface area contributed by atoms with Crippen LogP contribution in [0.2, 0.25) is 0 Å². The molecule has 1 aromatic rings. The van der Waals surface area contributed by atoms with E-state index in [4.69, 9.17) is 9.84 Å². The lowest BCUT2D eigenvalue weighted by Gasteiger charge is -2.27. The van der Waals surface area contributed by atoms with Crippen LogP contribution in [0.5, 0.6) is 5.75 Å². The van der Waals surface area contributed by atoms with E-state index in [-0.39, 0.29) is 19.0 Å². The number of hydrogen-bond acceptors (Lipinski definition) is 3. The van der Waals surface area contributed by atoms with Gasteiger partial charge in [-0.2, -0.15) is 0 Å². The van der Waals surface area contributed by atoms with E-state index < -0.39 is 17.3 Å². The molecule has 0 aliphatic carbocycles. The van der Waals surface area contributed by atoms with Gasteiger partial charge in [0.05, 0.1) is 12.1 Å². The minimum absolute atomic E-state index is 0.0369. The first-order valence-corrected chi connectivity index (χ1v) is 5.80. The van der Waals surface area contributed by atoms with E-state index in [9.17, 15) is 9.18 Å². The zero-order chi connectivity index (χ0) is 13.6. The van der Waals surface area contributed by atoms with Crippen LogP contribution in [-0.4, -0.2) is 29.8 Å². The third-order valence-corrected chi connectivity index (χ3v) is 2.77. The predicted octanol–water partition coefficient (Wildman–Crippen LogP) is 1.48. The summed E-state index contributed by atoms with van der Waals surface area (Å²) in [5.41, 5.74) is -0.671. The predicted molar refractivity (Wildman–Crippen MR) is 65.8 cm³/mol. The van der Waals surface area contributed by atoms with Gasteiger partial charge in [0.1, 0.15) is 0 Å². The zero-order valence-corrected chi connectivity index (χ0v) is 10.6. The molecule has 1 unspecified atom stereocenters. The number of carbonyl (C=O) groups is 1. The third-order valence-electron chi connectivity index (χ3n) is 2.77. The van der Waals surface area contributed by atoms with E-state index in [2.05, 4.69) is 5.32 Å². The topological polar surface area (TPSA) is 58.6 Å². The summed E-state index contributed by atoms with van der Waals surface area (Å²) in [4.78, 5) is 11.6. The summed E-state index contributed by atoms with van der Waals surface area (Å²) >= 11 is 0. The van der Waals surface area contributed by atoms with Gasteiger partial charge in [-0.25, -0.2) is 4.39 Å². The average Bonchev–Trinajstić information content (AvgIpc) is 2.37. The smallest absolute Gasteiger partial charge is 0.258 e. The monoisotopic (exact) mass is 255 g/mol. The molecule has 0 aliphatic rings. The Kier molecular flexibility index (Phi) is 5.09. The lowest BCUT2D eigenvalue weighted by atomic mass is 10.0. The summed E-state index contributed by atoms with van der Waals surface area (Å²) in [6.07, 6.45) is 0.592. The third kappa shape index (κ3) is 4.00. The van der Waals surface area contributed by atoms with Gasteiger partial charge in [-0.3, -0.25) is 4.79 Å². The molecule has 0 spiro atoms. The fourth-order valence-corrected chi connectivity index (χ4v) is 1.32. The molecule has 1 atom stereocenters. The van der Waals surface area contributed by atoms with Gasteiger partial charge in [0.25, 0.3) is 5.91 Å². The molecule has 0 aromatic heterocycles. The molecule has 0 saturated carbocycles. The molecule has 0 heterocycles. The molecule has 100 valence electrons. The highest BCUT2D eigenvalue weighted by molar-refractivity contribution is 5.78. The van der Waals surface area contributed by atoms with Crippen molar-refractivity contribution < 1.29 is 19.0 Å². The van der Waals surface area contributed by atoms with Gasteiger partial charge < -0.3 is 15.2 Å². The quantitative estimate of drug-likeness (QED) is 0.809. The Bertz CT molecular complexity index is 405. The Hall–Kier alpha value is -1.62. The van der Waals surface area contributed by atoms with Crippen LogP contribution in [0.25, 0.3) is 0 Å². The van der Waals surface area contributed by atoms with Crippen molar-refractivity contribution in [3.63, 3.8) is 0 Å². The van der Waals surface area contributed by atoms with Gasteiger partial charge in [-0.15, -0.1) is 0 Å². The fraction of sp³-hybridized carbons (Fsp3) is 0.462. The highest BCUT2D eigenvalue weighted by Gasteiger charge is 2.23. The molecule has 1 amide bonds. The van der Waals surface area contributed by atoms with Crippen molar-refractivity contribution in [1.82, 2.24) is 5.32 Å². The Morgan fingerprint density at radius 1 is 1.50 bits per heavy atom. The summed E-state index contributed by atoms with van der Waals surface area (Å²) in [6.45, 7) is 3.15. The number of halogens is 1. The van der Waals surface area contributed by atoms with Gasteiger partial charge in [0, 0.05) is 0 Å². The van der Waals surface area contributed by atoms with Crippen LogP contribution in [0.15, 0.2) is 24.3 Å². The molecule has 0 saturated heterocycles. The van der Waals surface area contributed by atoms with Crippen LogP contribution in [0.1, 0.15) is 20.3 Å². The van der Waals surface area contributed by atoms with Crippen LogP contribution in [-0.2, 0) is 4.79 Å². The lowest BCUT2D eigenvalue weighted by Crippen LogP contribution is -2.49. The van der Waals surface area contributed by atoms with E-state index in [0.29, 0.717) is 6.42 Å². The molecule has 5 heteroatoms. The molecular weight excluding hydrogens is 237 g/mol. The molecule has 0 fully saturated rings. The second kappa shape index (κ2) is 6.35. The van der Waals surface area contributed by atoms with Crippen molar-refractivity contribution in [3.05, 3.63) is 30.1 Å². The number of aliphatic hydroxyl groups is 1. The van der Waals surface area contributed by atoms with Crippen LogP contribution < -0.4 is 10.1 Å². The second-order valence-electron chi connectivity index (χ2n) is 4.34. The first-order valence-electron chi connectivity index (χ1n) is 5.80. The van der Waals surface area contributed by atoms with E-state index in [1.807, 2.05) is 6.92 Å².